The summed E-state index contributed by atoms with van der Waals surface area (Å²) in [6.45, 7) is 29.9. The minimum atomic E-state index is -0.637. The molecule has 1 atom stereocenters. The molecule has 9 nitrogen and oxygen atoms in total. The molecule has 131 heavy (non-hydrogen) atoms. The lowest BCUT2D eigenvalue weighted by molar-refractivity contribution is -0.385. The molecule has 1 unspecified atom stereocenters. The molecular weight excluding hydrogens is 1640 g/mol. The van der Waals surface area contributed by atoms with Crippen LogP contribution in [-0.4, -0.2) is 78.0 Å². The minimum Gasteiger partial charge on any atom is -0.497 e. The van der Waals surface area contributed by atoms with Crippen LogP contribution in [0.2, 0.25) is 0 Å². The lowest BCUT2D eigenvalue weighted by atomic mass is 9.49. The Morgan fingerprint density at radius 1 is 0.542 bits per heavy atom. The monoisotopic (exact) mass is 1800 g/mol. The number of benzene rings is 9. The fourth-order valence-electron chi connectivity index (χ4n) is 22.2. The molecule has 9 aliphatic rings. The molecule has 1 aromatic heterocycles. The van der Waals surface area contributed by atoms with Crippen LogP contribution in [0.1, 0.15) is 273 Å². The summed E-state index contributed by atoms with van der Waals surface area (Å²) in [6, 6.07) is 81.4. The first-order valence-corrected chi connectivity index (χ1v) is 50.7. The summed E-state index contributed by atoms with van der Waals surface area (Å²) in [7, 11) is 5.68. The van der Waals surface area contributed by atoms with E-state index in [-0.39, 0.29) is 11.5 Å². The van der Waals surface area contributed by atoms with Gasteiger partial charge in [0.15, 0.2) is 0 Å². The number of hydrogen-bond donors (Lipinski definition) is 1. The topological polar surface area (TPSA) is 101 Å². The number of ether oxygens (including phenoxy) is 2. The molecule has 0 saturated heterocycles. The summed E-state index contributed by atoms with van der Waals surface area (Å²) < 4.78 is 47.7. The van der Waals surface area contributed by atoms with E-state index in [4.69, 9.17) is 9.47 Å². The lowest BCUT2D eigenvalue weighted by Gasteiger charge is -2.58. The molecule has 0 amide bonds. The molecule has 9 fully saturated rings. The molecule has 13 heteroatoms. The Labute approximate surface area is 792 Å². The second kappa shape index (κ2) is 55.5. The number of nitrogens with zero attached hydrogens (tertiary/aromatic N) is 4. The Morgan fingerprint density at radius 2 is 1.01 bits per heavy atom. The van der Waals surface area contributed by atoms with E-state index in [1.807, 2.05) is 81.4 Å². The van der Waals surface area contributed by atoms with Crippen molar-refractivity contribution in [2.45, 2.75) is 260 Å². The Morgan fingerprint density at radius 3 is 1.42 bits per heavy atom. The summed E-state index contributed by atoms with van der Waals surface area (Å²) in [5.74, 6) is 9.78. The van der Waals surface area contributed by atoms with Gasteiger partial charge in [-0.25, -0.2) is 18.2 Å². The number of halogens is 3. The van der Waals surface area contributed by atoms with E-state index in [1.54, 1.807) is 102 Å². The Kier molecular flexibility index (Phi) is 44.8. The van der Waals surface area contributed by atoms with Crippen LogP contribution in [0.3, 0.4) is 0 Å². The van der Waals surface area contributed by atoms with E-state index >= 15 is 0 Å². The number of nitro groups is 1. The van der Waals surface area contributed by atoms with Gasteiger partial charge in [0.05, 0.1) is 29.8 Å². The highest BCUT2D eigenvalue weighted by Crippen LogP contribution is 2.62. The molecule has 9 aromatic carbocycles. The number of methoxy groups -OCH3 is 2. The molecule has 0 spiro atoms. The highest BCUT2D eigenvalue weighted by Gasteiger charge is 2.52. The van der Waals surface area contributed by atoms with Crippen LogP contribution in [0.4, 0.5) is 18.9 Å². The second-order valence-corrected chi connectivity index (χ2v) is 40.0. The quantitative estimate of drug-likeness (QED) is 0.0292. The molecule has 9 aliphatic carbocycles. The number of hydrogen-bond acceptors (Lipinski definition) is 9. The summed E-state index contributed by atoms with van der Waals surface area (Å²) in [4.78, 5) is 18.9. The first kappa shape index (κ1) is 106. The largest absolute Gasteiger partial charge is 0.497 e. The third-order valence-electron chi connectivity index (χ3n) is 27.8. The summed E-state index contributed by atoms with van der Waals surface area (Å²) in [5.41, 5.74) is 14.5. The molecule has 1 heterocycles. The Balaban J connectivity index is 0.000000168. The summed E-state index contributed by atoms with van der Waals surface area (Å²) in [5, 5.41) is 21.7. The lowest BCUT2D eigenvalue weighted by Crippen LogP contribution is -2.51. The standard InChI is InChI=1S/C20H29N.C17H20O2.C16H16.C14H25N.C14H20O.C13H20.C9H11F.C8H8F2.C7H8N2O2S/c1-2-21(14-16-6-4-3-5-7-16)15-20-11-17-8-18(12-20)10-19(9-17)13-20;1-4-17(13-5-9-15(18-2)10-6-13)14-7-11-16(19-3)12-8-14;1-2-9-16(14-10-5-3-6-11-14)15-12-7-4-8-13-15;1-3-15(2)10-14-7-11-4-12(8-14)6-13(5-11)9-14;1-14(15,12-8-4-2-5-9-12)13-10-6-3-7-11-13;1-4-5-12-6-8-13(9-7-12)10-11(2)3;1-2-4-8-5-3-6-9(10)7-8;1-2-6-3-4-7(9)5-8(6)10;1-2-12-7-4-3-6(5-8-7)9(10)11/h3-7,17-19H,2,8-15H2,1H3;5-12,17H,4H2,1-3H3;3-13H,2H2,1H3;11-13H,3-10H2,1-2H3;2,4-5,8-9,13,15H,3,6-7,10-11H2,1H3;6-9,11H,4-5,10H2,1-3H3;3,5-7H,2,4H2,1H3;3-5H,2H2,1H3;3-5H,2H2,1H3. The number of aryl methyl sites for hydroxylation is 3. The van der Waals surface area contributed by atoms with Gasteiger partial charge in [-0.1, -0.05) is 295 Å². The first-order valence-electron chi connectivity index (χ1n) is 49.7. The zero-order chi connectivity index (χ0) is 94.0. The van der Waals surface area contributed by atoms with Crippen LogP contribution in [-0.2, 0) is 37.8 Å². The normalized spacial score (nSPS) is 20.2. The molecule has 10 aromatic rings. The number of aliphatic hydroxyl groups is 1. The van der Waals surface area contributed by atoms with E-state index in [1.165, 1.54) is 172 Å². The Hall–Kier alpha value is -9.11. The fraction of sp³-hybridized carbons (Fsp3) is 0.483. The van der Waals surface area contributed by atoms with Gasteiger partial charge in [0, 0.05) is 37.7 Å². The van der Waals surface area contributed by atoms with Crippen molar-refractivity contribution in [3.05, 3.63) is 344 Å². The molecule has 706 valence electrons. The van der Waals surface area contributed by atoms with E-state index in [2.05, 4.69) is 223 Å². The van der Waals surface area contributed by atoms with Gasteiger partial charge in [0.25, 0.3) is 5.69 Å². The predicted octanol–water partition coefficient (Wildman–Crippen LogP) is 31.4. The van der Waals surface area contributed by atoms with Crippen molar-refractivity contribution in [1.82, 2.24) is 14.8 Å². The number of aromatic nitrogens is 1. The first-order chi connectivity index (χ1) is 63.4. The van der Waals surface area contributed by atoms with E-state index in [0.29, 0.717) is 29.2 Å². The van der Waals surface area contributed by atoms with Crippen LogP contribution in [0, 0.1) is 85.7 Å². The highest BCUT2D eigenvalue weighted by atomic mass is 32.2. The molecule has 0 aliphatic heterocycles. The van der Waals surface area contributed by atoms with Crippen molar-refractivity contribution in [2.75, 3.05) is 53.2 Å². The van der Waals surface area contributed by atoms with E-state index in [9.17, 15) is 28.4 Å². The van der Waals surface area contributed by atoms with Gasteiger partial charge in [-0.3, -0.25) is 15.0 Å². The van der Waals surface area contributed by atoms with Gasteiger partial charge in [-0.2, -0.15) is 0 Å². The second-order valence-electron chi connectivity index (χ2n) is 38.7. The maximum absolute atomic E-state index is 12.6. The molecular formula is C118H157F3N4O5S. The van der Waals surface area contributed by atoms with Crippen LogP contribution >= 0.6 is 11.8 Å². The van der Waals surface area contributed by atoms with Crippen molar-refractivity contribution < 1.29 is 32.7 Å². The number of allylic oxidation sites excluding steroid dienone is 1. The average molecular weight is 1800 g/mol. The number of pyridine rings is 1. The smallest absolute Gasteiger partial charge is 0.287 e. The number of thioether (sulfide) groups is 1. The third-order valence-corrected chi connectivity index (χ3v) is 28.6. The van der Waals surface area contributed by atoms with Crippen molar-refractivity contribution >= 4 is 23.0 Å². The van der Waals surface area contributed by atoms with Crippen LogP contribution in [0.25, 0.3) is 5.57 Å². The van der Waals surface area contributed by atoms with Crippen molar-refractivity contribution in [1.29, 1.82) is 0 Å². The van der Waals surface area contributed by atoms with Crippen molar-refractivity contribution in [3.8, 4) is 11.5 Å². The summed E-state index contributed by atoms with van der Waals surface area (Å²) in [6.07, 6.45) is 36.9. The highest BCUT2D eigenvalue weighted by molar-refractivity contribution is 7.99. The molecule has 9 saturated carbocycles. The third kappa shape index (κ3) is 34.7. The van der Waals surface area contributed by atoms with Gasteiger partial charge in [-0.05, 0) is 329 Å². The molecule has 8 bridgehead atoms. The average Bonchev–Trinajstić information content (AvgIpc) is 0.754. The molecule has 19 rings (SSSR count). The minimum absolute atomic E-state index is 0.0375. The zero-order valence-corrected chi connectivity index (χ0v) is 82.7. The maximum atomic E-state index is 12.6. The maximum Gasteiger partial charge on any atom is 0.287 e. The van der Waals surface area contributed by atoms with Crippen LogP contribution in [0.15, 0.2) is 266 Å². The van der Waals surface area contributed by atoms with Gasteiger partial charge in [0.2, 0.25) is 0 Å². The van der Waals surface area contributed by atoms with Gasteiger partial charge < -0.3 is 19.5 Å². The SMILES string of the molecule is CC(O)(c1ccccc1)C1CCCCC1.CCC(c1ccc(OC)cc1)c1ccc(OC)cc1.CCC=C(c1ccccc1)c1ccccc1.CCCc1ccc(CC(C)C)cc1.CCCc1cccc(F)c1.CCN(C)CC12CC3CC(CC(C3)C1)C2.CCN(Cc1ccccc1)CC12CC3CC(CC(C3)C1)C2.CCSc1ccc([N+](=O)[O-])cn1.CCc1ccc(F)cc1F. The number of rotatable bonds is 28. The Bertz CT molecular complexity index is 4700. The van der Waals surface area contributed by atoms with Crippen molar-refractivity contribution in [2.24, 2.45) is 58.2 Å². The van der Waals surface area contributed by atoms with Crippen LogP contribution in [0.5, 0.6) is 11.5 Å². The predicted molar refractivity (Wildman–Crippen MR) is 545 cm³/mol. The fourth-order valence-corrected chi connectivity index (χ4v) is 22.8. The van der Waals surface area contributed by atoms with Crippen LogP contribution < -0.4 is 9.47 Å². The van der Waals surface area contributed by atoms with Gasteiger partial charge in [0.1, 0.15) is 35.1 Å². The molecule has 1 N–H and O–H groups in total. The van der Waals surface area contributed by atoms with Gasteiger partial charge in [-0.15, -0.1) is 11.8 Å². The molecule has 0 radical (unpaired) electrons. The van der Waals surface area contributed by atoms with Crippen molar-refractivity contribution in [3.63, 3.8) is 0 Å². The van der Waals surface area contributed by atoms with Gasteiger partial charge >= 0.3 is 0 Å². The zero-order valence-electron chi connectivity index (χ0n) is 81.9. The van der Waals surface area contributed by atoms with E-state index in [0.717, 1.165) is 119 Å². The summed E-state index contributed by atoms with van der Waals surface area (Å²) >= 11 is 1.56. The van der Waals surface area contributed by atoms with E-state index < -0.39 is 22.2 Å².